The third kappa shape index (κ3) is 4.82. The second-order valence-electron chi connectivity index (χ2n) is 4.90. The van der Waals surface area contributed by atoms with E-state index in [1.807, 2.05) is 29.2 Å². The molecule has 5 heteroatoms. The first-order chi connectivity index (χ1) is 9.13. The monoisotopic (exact) mass is 282 g/mol. The van der Waals surface area contributed by atoms with Crippen LogP contribution in [-0.2, 0) is 11.2 Å². The zero-order chi connectivity index (χ0) is 13.7. The highest BCUT2D eigenvalue weighted by Crippen LogP contribution is 2.10. The maximum absolute atomic E-state index is 11.7. The van der Waals surface area contributed by atoms with Crippen molar-refractivity contribution in [2.45, 2.75) is 18.9 Å². The van der Waals surface area contributed by atoms with Gasteiger partial charge in [-0.15, -0.1) is 0 Å². The summed E-state index contributed by atoms with van der Waals surface area (Å²) in [7, 11) is 0. The molecular formula is C14H19ClN2O2. The minimum absolute atomic E-state index is 0.0167. The highest BCUT2D eigenvalue weighted by atomic mass is 35.5. The summed E-state index contributed by atoms with van der Waals surface area (Å²) in [6.07, 6.45) is 1.28. The third-order valence-electron chi connectivity index (χ3n) is 3.26. The molecule has 2 N–H and O–H groups in total. The van der Waals surface area contributed by atoms with Crippen LogP contribution in [-0.4, -0.2) is 48.2 Å². The van der Waals surface area contributed by atoms with Gasteiger partial charge in [-0.1, -0.05) is 23.7 Å². The molecule has 1 aliphatic heterocycles. The second kappa shape index (κ2) is 6.89. The van der Waals surface area contributed by atoms with E-state index in [0.29, 0.717) is 19.6 Å². The lowest BCUT2D eigenvalue weighted by Crippen LogP contribution is -2.37. The van der Waals surface area contributed by atoms with Crippen LogP contribution in [0.15, 0.2) is 24.3 Å². The number of aliphatic hydroxyl groups excluding tert-OH is 1. The number of rotatable bonds is 5. The Balaban J connectivity index is 1.65. The van der Waals surface area contributed by atoms with Crippen molar-refractivity contribution >= 4 is 17.5 Å². The summed E-state index contributed by atoms with van der Waals surface area (Å²) in [4.78, 5) is 13.7. The molecule has 104 valence electrons. The van der Waals surface area contributed by atoms with Gasteiger partial charge in [0.05, 0.1) is 12.6 Å². The van der Waals surface area contributed by atoms with E-state index in [4.69, 9.17) is 11.6 Å². The van der Waals surface area contributed by atoms with E-state index in [9.17, 15) is 9.90 Å². The van der Waals surface area contributed by atoms with Gasteiger partial charge in [0, 0.05) is 24.7 Å². The summed E-state index contributed by atoms with van der Waals surface area (Å²) in [5.74, 6) is 0.0167. The minimum Gasteiger partial charge on any atom is -0.392 e. The highest BCUT2D eigenvalue weighted by Gasteiger charge is 2.21. The Morgan fingerprint density at radius 3 is 2.79 bits per heavy atom. The first kappa shape index (κ1) is 14.3. The molecule has 1 fully saturated rings. The summed E-state index contributed by atoms with van der Waals surface area (Å²) in [6.45, 7) is 2.39. The molecule has 0 bridgehead atoms. The highest BCUT2D eigenvalue weighted by molar-refractivity contribution is 6.30. The van der Waals surface area contributed by atoms with Gasteiger partial charge in [-0.25, -0.2) is 0 Å². The van der Waals surface area contributed by atoms with Crippen LogP contribution in [0.4, 0.5) is 0 Å². The summed E-state index contributed by atoms with van der Waals surface area (Å²) < 4.78 is 0. The standard InChI is InChI=1S/C14H19ClN2O2/c15-12-3-1-11(2-4-12)5-7-16-14(19)10-17-8-6-13(18)9-17/h1-4,13,18H,5-10H2,(H,16,19)/t13-/m0/s1. The largest absolute Gasteiger partial charge is 0.392 e. The van der Waals surface area contributed by atoms with E-state index in [1.54, 1.807) is 0 Å². The predicted molar refractivity (Wildman–Crippen MR) is 75.2 cm³/mol. The number of hydrogen-bond acceptors (Lipinski definition) is 3. The molecule has 1 saturated heterocycles. The van der Waals surface area contributed by atoms with Crippen molar-refractivity contribution in [3.8, 4) is 0 Å². The summed E-state index contributed by atoms with van der Waals surface area (Å²) in [5, 5.41) is 13.0. The molecule has 0 spiro atoms. The van der Waals surface area contributed by atoms with Crippen LogP contribution in [0.2, 0.25) is 5.02 Å². The number of aliphatic hydroxyl groups is 1. The Labute approximate surface area is 118 Å². The lowest BCUT2D eigenvalue weighted by molar-refractivity contribution is -0.122. The lowest BCUT2D eigenvalue weighted by atomic mass is 10.1. The Bertz CT molecular complexity index is 422. The van der Waals surface area contributed by atoms with Crippen LogP contribution < -0.4 is 5.32 Å². The van der Waals surface area contributed by atoms with Crippen LogP contribution in [0.5, 0.6) is 0 Å². The number of benzene rings is 1. The molecule has 1 aromatic rings. The van der Waals surface area contributed by atoms with Crippen molar-refractivity contribution in [1.29, 1.82) is 0 Å². The molecule has 0 saturated carbocycles. The molecule has 1 amide bonds. The van der Waals surface area contributed by atoms with Gasteiger partial charge >= 0.3 is 0 Å². The molecular weight excluding hydrogens is 264 g/mol. The molecule has 1 aliphatic rings. The van der Waals surface area contributed by atoms with E-state index in [-0.39, 0.29) is 12.0 Å². The Morgan fingerprint density at radius 2 is 2.16 bits per heavy atom. The first-order valence-electron chi connectivity index (χ1n) is 6.55. The molecule has 0 aliphatic carbocycles. The number of halogens is 1. The molecule has 0 aromatic heterocycles. The molecule has 1 aromatic carbocycles. The number of carbonyl (C=O) groups is 1. The van der Waals surface area contributed by atoms with Crippen molar-refractivity contribution < 1.29 is 9.90 Å². The van der Waals surface area contributed by atoms with Crippen LogP contribution in [0.25, 0.3) is 0 Å². The van der Waals surface area contributed by atoms with Crippen LogP contribution in [0.1, 0.15) is 12.0 Å². The second-order valence-corrected chi connectivity index (χ2v) is 5.34. The average Bonchev–Trinajstić information content (AvgIpc) is 2.77. The van der Waals surface area contributed by atoms with Crippen molar-refractivity contribution in [1.82, 2.24) is 10.2 Å². The summed E-state index contributed by atoms with van der Waals surface area (Å²) in [6, 6.07) is 7.63. The van der Waals surface area contributed by atoms with E-state index < -0.39 is 0 Å². The Morgan fingerprint density at radius 1 is 1.42 bits per heavy atom. The van der Waals surface area contributed by atoms with Gasteiger partial charge in [-0.3, -0.25) is 9.69 Å². The molecule has 0 unspecified atom stereocenters. The van der Waals surface area contributed by atoms with Gasteiger partial charge < -0.3 is 10.4 Å². The quantitative estimate of drug-likeness (QED) is 0.849. The van der Waals surface area contributed by atoms with Crippen LogP contribution in [0.3, 0.4) is 0 Å². The molecule has 1 heterocycles. The van der Waals surface area contributed by atoms with E-state index in [1.165, 1.54) is 0 Å². The van der Waals surface area contributed by atoms with E-state index in [0.717, 1.165) is 30.0 Å². The SMILES string of the molecule is O=C(CN1CC[C@H](O)C1)NCCc1ccc(Cl)cc1. The lowest BCUT2D eigenvalue weighted by Gasteiger charge is -2.14. The number of nitrogens with zero attached hydrogens (tertiary/aromatic N) is 1. The molecule has 2 rings (SSSR count). The maximum atomic E-state index is 11.7. The molecule has 1 atom stereocenters. The van der Waals surface area contributed by atoms with Crippen molar-refractivity contribution in [3.63, 3.8) is 0 Å². The predicted octanol–water partition coefficient (Wildman–Crippen LogP) is 1.07. The van der Waals surface area contributed by atoms with Crippen molar-refractivity contribution in [3.05, 3.63) is 34.9 Å². The maximum Gasteiger partial charge on any atom is 0.234 e. The zero-order valence-corrected chi connectivity index (χ0v) is 11.6. The van der Waals surface area contributed by atoms with Gasteiger partial charge in [0.2, 0.25) is 5.91 Å². The van der Waals surface area contributed by atoms with Gasteiger partial charge in [-0.2, -0.15) is 0 Å². The minimum atomic E-state index is -0.276. The normalized spacial score (nSPS) is 19.6. The fourth-order valence-electron chi connectivity index (χ4n) is 2.21. The number of amides is 1. The third-order valence-corrected chi connectivity index (χ3v) is 3.52. The number of nitrogens with one attached hydrogen (secondary N) is 1. The number of β-amino-alcohol motifs (C(OH)–C–C–N with tert-alkyl or cyclic N) is 1. The average molecular weight is 283 g/mol. The van der Waals surface area contributed by atoms with Crippen LogP contribution >= 0.6 is 11.6 Å². The smallest absolute Gasteiger partial charge is 0.234 e. The molecule has 0 radical (unpaired) electrons. The van der Waals surface area contributed by atoms with Crippen LogP contribution in [0, 0.1) is 0 Å². The number of carbonyl (C=O) groups excluding carboxylic acids is 1. The summed E-state index contributed by atoms with van der Waals surface area (Å²) in [5.41, 5.74) is 1.15. The number of likely N-dealkylation sites (tertiary alicyclic amines) is 1. The van der Waals surface area contributed by atoms with E-state index >= 15 is 0 Å². The van der Waals surface area contributed by atoms with E-state index in [2.05, 4.69) is 5.32 Å². The zero-order valence-electron chi connectivity index (χ0n) is 10.8. The fourth-order valence-corrected chi connectivity index (χ4v) is 2.34. The Kier molecular flexibility index (Phi) is 5.19. The van der Waals surface area contributed by atoms with Crippen molar-refractivity contribution in [2.75, 3.05) is 26.2 Å². The van der Waals surface area contributed by atoms with Gasteiger partial charge in [0.1, 0.15) is 0 Å². The van der Waals surface area contributed by atoms with Gasteiger partial charge in [0.25, 0.3) is 0 Å². The topological polar surface area (TPSA) is 52.6 Å². The molecule has 19 heavy (non-hydrogen) atoms. The fraction of sp³-hybridized carbons (Fsp3) is 0.500. The number of hydrogen-bond donors (Lipinski definition) is 2. The summed E-state index contributed by atoms with van der Waals surface area (Å²) >= 11 is 5.81. The Hall–Kier alpha value is -1.10. The van der Waals surface area contributed by atoms with Crippen molar-refractivity contribution in [2.24, 2.45) is 0 Å². The van der Waals surface area contributed by atoms with Gasteiger partial charge in [0.15, 0.2) is 0 Å². The first-order valence-corrected chi connectivity index (χ1v) is 6.93. The molecule has 4 nitrogen and oxygen atoms in total. The van der Waals surface area contributed by atoms with Gasteiger partial charge in [-0.05, 0) is 30.5 Å².